The summed E-state index contributed by atoms with van der Waals surface area (Å²) in [5.74, 6) is 1.25. The third-order valence-corrected chi connectivity index (χ3v) is 4.60. The number of ether oxygens (including phenoxy) is 2. The van der Waals surface area contributed by atoms with Gasteiger partial charge in [-0.05, 0) is 36.4 Å². The Labute approximate surface area is 160 Å². The van der Waals surface area contributed by atoms with Crippen molar-refractivity contribution < 1.29 is 18.7 Å². The highest BCUT2D eigenvalue weighted by atomic mass is 16.5. The van der Waals surface area contributed by atoms with Crippen LogP contribution in [-0.4, -0.2) is 16.2 Å². The van der Waals surface area contributed by atoms with Crippen LogP contribution >= 0.6 is 0 Å². The molecule has 1 aliphatic rings. The number of hydrogen-bond donors (Lipinski definition) is 0. The van der Waals surface area contributed by atoms with Crippen LogP contribution in [0.15, 0.2) is 83.6 Å². The standard InChI is InChI=1S/C22H14N2O4/c25-22(27-15-11-9-14(10-12-15)21-24-23-13-26-21)20-16-5-1-3-7-18(16)28-19-8-4-2-6-17(19)20/h1-13,20H. The molecule has 4 aromatic rings. The average molecular weight is 370 g/mol. The monoisotopic (exact) mass is 370 g/mol. The van der Waals surface area contributed by atoms with Crippen LogP contribution in [0.25, 0.3) is 11.5 Å². The molecule has 6 nitrogen and oxygen atoms in total. The molecule has 0 spiro atoms. The molecule has 5 rings (SSSR count). The van der Waals surface area contributed by atoms with E-state index < -0.39 is 5.92 Å². The number of aromatic nitrogens is 2. The molecular formula is C22H14N2O4. The van der Waals surface area contributed by atoms with Crippen LogP contribution in [0.3, 0.4) is 0 Å². The molecule has 0 bridgehead atoms. The first-order valence-corrected chi connectivity index (χ1v) is 8.73. The van der Waals surface area contributed by atoms with Crippen molar-refractivity contribution in [3.63, 3.8) is 0 Å². The number of benzene rings is 3. The van der Waals surface area contributed by atoms with Crippen molar-refractivity contribution in [2.75, 3.05) is 0 Å². The molecule has 0 saturated heterocycles. The molecule has 0 unspecified atom stereocenters. The number of rotatable bonds is 3. The van der Waals surface area contributed by atoms with Crippen molar-refractivity contribution >= 4 is 5.97 Å². The zero-order chi connectivity index (χ0) is 18.9. The Morgan fingerprint density at radius 3 is 2.11 bits per heavy atom. The predicted molar refractivity (Wildman–Crippen MR) is 100 cm³/mol. The van der Waals surface area contributed by atoms with Crippen molar-refractivity contribution in [2.45, 2.75) is 5.92 Å². The van der Waals surface area contributed by atoms with Gasteiger partial charge in [-0.2, -0.15) is 0 Å². The van der Waals surface area contributed by atoms with E-state index in [1.54, 1.807) is 24.3 Å². The summed E-state index contributed by atoms with van der Waals surface area (Å²) >= 11 is 0. The number of hydrogen-bond acceptors (Lipinski definition) is 6. The first-order valence-electron chi connectivity index (χ1n) is 8.73. The molecule has 1 aromatic heterocycles. The minimum absolute atomic E-state index is 0.367. The summed E-state index contributed by atoms with van der Waals surface area (Å²) in [6.45, 7) is 0. The first-order chi connectivity index (χ1) is 13.8. The summed E-state index contributed by atoms with van der Waals surface area (Å²) < 4.78 is 16.8. The van der Waals surface area contributed by atoms with Crippen LogP contribution in [0.4, 0.5) is 0 Å². The smallest absolute Gasteiger partial charge is 0.323 e. The second-order valence-electron chi connectivity index (χ2n) is 6.30. The van der Waals surface area contributed by atoms with Crippen molar-refractivity contribution in [3.05, 3.63) is 90.3 Å². The van der Waals surface area contributed by atoms with E-state index in [1.807, 2.05) is 48.5 Å². The Morgan fingerprint density at radius 2 is 1.50 bits per heavy atom. The summed E-state index contributed by atoms with van der Waals surface area (Å²) in [5.41, 5.74) is 2.32. The van der Waals surface area contributed by atoms with Gasteiger partial charge in [0.25, 0.3) is 0 Å². The summed E-state index contributed by atoms with van der Waals surface area (Å²) in [7, 11) is 0. The Hall–Kier alpha value is -3.93. The molecule has 136 valence electrons. The molecule has 6 heteroatoms. The van der Waals surface area contributed by atoms with Crippen LogP contribution in [0.5, 0.6) is 17.2 Å². The second kappa shape index (κ2) is 6.66. The largest absolute Gasteiger partial charge is 0.457 e. The van der Waals surface area contributed by atoms with Gasteiger partial charge in [0.15, 0.2) is 0 Å². The van der Waals surface area contributed by atoms with E-state index in [9.17, 15) is 4.79 Å². The van der Waals surface area contributed by atoms with Crippen molar-refractivity contribution in [3.8, 4) is 28.7 Å². The molecule has 28 heavy (non-hydrogen) atoms. The normalized spacial score (nSPS) is 12.6. The van der Waals surface area contributed by atoms with E-state index in [0.29, 0.717) is 23.1 Å². The number of carbonyl (C=O) groups is 1. The third-order valence-electron chi connectivity index (χ3n) is 4.60. The number of esters is 1. The van der Waals surface area contributed by atoms with E-state index >= 15 is 0 Å². The molecule has 0 radical (unpaired) electrons. The number of nitrogens with zero attached hydrogens (tertiary/aromatic N) is 2. The van der Waals surface area contributed by atoms with Gasteiger partial charge in [-0.15, -0.1) is 10.2 Å². The predicted octanol–water partition coefficient (Wildman–Crippen LogP) is 4.58. The average Bonchev–Trinajstić information content (AvgIpc) is 3.27. The van der Waals surface area contributed by atoms with Gasteiger partial charge < -0.3 is 13.9 Å². The van der Waals surface area contributed by atoms with Crippen LogP contribution in [-0.2, 0) is 4.79 Å². The molecule has 1 aliphatic heterocycles. The number of carbonyl (C=O) groups excluding carboxylic acids is 1. The molecule has 0 fully saturated rings. The van der Waals surface area contributed by atoms with Gasteiger partial charge in [0, 0.05) is 16.7 Å². The van der Waals surface area contributed by atoms with Gasteiger partial charge in [0.1, 0.15) is 23.2 Å². The van der Waals surface area contributed by atoms with E-state index in [0.717, 1.165) is 16.7 Å². The quantitative estimate of drug-likeness (QED) is 0.388. The highest BCUT2D eigenvalue weighted by Crippen LogP contribution is 2.44. The van der Waals surface area contributed by atoms with Crippen molar-refractivity contribution in [2.24, 2.45) is 0 Å². The molecule has 0 saturated carbocycles. The van der Waals surface area contributed by atoms with Gasteiger partial charge in [-0.1, -0.05) is 36.4 Å². The van der Waals surface area contributed by atoms with Crippen LogP contribution in [0.1, 0.15) is 17.0 Å². The van der Waals surface area contributed by atoms with Crippen LogP contribution in [0, 0.1) is 0 Å². The fourth-order valence-electron chi connectivity index (χ4n) is 3.30. The molecular weight excluding hydrogens is 356 g/mol. The van der Waals surface area contributed by atoms with E-state index in [4.69, 9.17) is 13.9 Å². The molecule has 0 N–H and O–H groups in total. The Kier molecular flexibility index (Phi) is 3.87. The lowest BCUT2D eigenvalue weighted by Gasteiger charge is -2.26. The van der Waals surface area contributed by atoms with Gasteiger partial charge in [-0.3, -0.25) is 4.79 Å². The highest BCUT2D eigenvalue weighted by molar-refractivity contribution is 5.87. The maximum Gasteiger partial charge on any atom is 0.323 e. The lowest BCUT2D eigenvalue weighted by atomic mass is 9.88. The molecule has 2 heterocycles. The van der Waals surface area contributed by atoms with Gasteiger partial charge in [0.05, 0.1) is 0 Å². The molecule has 0 atom stereocenters. The minimum atomic E-state index is -0.559. The molecule has 3 aromatic carbocycles. The fraction of sp³-hybridized carbons (Fsp3) is 0.0455. The lowest BCUT2D eigenvalue weighted by Crippen LogP contribution is -2.23. The van der Waals surface area contributed by atoms with Gasteiger partial charge >= 0.3 is 5.97 Å². The van der Waals surface area contributed by atoms with Gasteiger partial charge in [0.2, 0.25) is 12.3 Å². The van der Waals surface area contributed by atoms with Crippen LogP contribution < -0.4 is 9.47 Å². The summed E-state index contributed by atoms with van der Waals surface area (Å²) in [6.07, 6.45) is 1.27. The topological polar surface area (TPSA) is 74.5 Å². The number of para-hydroxylation sites is 2. The fourth-order valence-corrected chi connectivity index (χ4v) is 3.30. The third kappa shape index (κ3) is 2.81. The van der Waals surface area contributed by atoms with E-state index in [-0.39, 0.29) is 5.97 Å². The number of fused-ring (bicyclic) bond motifs is 2. The minimum Gasteiger partial charge on any atom is -0.457 e. The molecule has 0 aliphatic carbocycles. The Balaban J connectivity index is 1.46. The summed E-state index contributed by atoms with van der Waals surface area (Å²) in [6, 6.07) is 21.9. The summed E-state index contributed by atoms with van der Waals surface area (Å²) in [4.78, 5) is 13.1. The molecule has 0 amide bonds. The van der Waals surface area contributed by atoms with Gasteiger partial charge in [-0.25, -0.2) is 0 Å². The maximum atomic E-state index is 13.1. The SMILES string of the molecule is O=C(Oc1ccc(-c2nnco2)cc1)C1c2ccccc2Oc2ccccc21. The second-order valence-corrected chi connectivity index (χ2v) is 6.30. The van der Waals surface area contributed by atoms with Crippen molar-refractivity contribution in [1.82, 2.24) is 10.2 Å². The van der Waals surface area contributed by atoms with E-state index in [1.165, 1.54) is 6.39 Å². The zero-order valence-electron chi connectivity index (χ0n) is 14.6. The Bertz CT molecular complexity index is 1090. The van der Waals surface area contributed by atoms with Crippen LogP contribution in [0.2, 0.25) is 0 Å². The highest BCUT2D eigenvalue weighted by Gasteiger charge is 2.33. The first kappa shape index (κ1) is 16.3. The zero-order valence-corrected chi connectivity index (χ0v) is 14.6. The summed E-state index contributed by atoms with van der Waals surface area (Å²) in [5, 5.41) is 7.52. The van der Waals surface area contributed by atoms with E-state index in [2.05, 4.69) is 10.2 Å². The lowest BCUT2D eigenvalue weighted by molar-refractivity contribution is -0.135. The van der Waals surface area contributed by atoms with Crippen molar-refractivity contribution in [1.29, 1.82) is 0 Å². The Morgan fingerprint density at radius 1 is 0.857 bits per heavy atom. The maximum absolute atomic E-state index is 13.1.